The molecule has 1 aromatic carbocycles. The molecule has 0 spiro atoms. The molecule has 1 aliphatic rings. The third kappa shape index (κ3) is 3.96. The molecule has 0 aliphatic carbocycles. The van der Waals surface area contributed by atoms with E-state index in [-0.39, 0.29) is 29.5 Å². The van der Waals surface area contributed by atoms with Crippen LogP contribution in [-0.2, 0) is 14.8 Å². The van der Waals surface area contributed by atoms with Gasteiger partial charge in [0, 0.05) is 38.3 Å². The van der Waals surface area contributed by atoms with Gasteiger partial charge in [-0.1, -0.05) is 12.1 Å². The molecular formula is C15H19N3O4S. The van der Waals surface area contributed by atoms with Crippen molar-refractivity contribution in [2.45, 2.75) is 4.90 Å². The van der Waals surface area contributed by atoms with E-state index in [9.17, 15) is 18.0 Å². The summed E-state index contributed by atoms with van der Waals surface area (Å²) in [7, 11) is -3.68. The number of piperazine rings is 1. The second kappa shape index (κ2) is 7.38. The van der Waals surface area contributed by atoms with Crippen molar-refractivity contribution in [2.24, 2.45) is 0 Å². The molecule has 0 atom stereocenters. The van der Waals surface area contributed by atoms with Crippen molar-refractivity contribution in [1.29, 1.82) is 0 Å². The summed E-state index contributed by atoms with van der Waals surface area (Å²) in [6, 6.07) is 5.92. The smallest absolute Gasteiger partial charge is 0.251 e. The van der Waals surface area contributed by atoms with Crippen molar-refractivity contribution in [1.82, 2.24) is 14.5 Å². The van der Waals surface area contributed by atoms with E-state index in [4.69, 9.17) is 0 Å². The highest BCUT2D eigenvalue weighted by Gasteiger charge is 2.28. The van der Waals surface area contributed by atoms with Gasteiger partial charge in [-0.25, -0.2) is 8.42 Å². The summed E-state index contributed by atoms with van der Waals surface area (Å²) in [5, 5.41) is 2.61. The van der Waals surface area contributed by atoms with Crippen LogP contribution in [0.25, 0.3) is 0 Å². The molecule has 2 rings (SSSR count). The predicted molar refractivity (Wildman–Crippen MR) is 85.4 cm³/mol. The minimum Gasteiger partial charge on any atom is -0.349 e. The fraction of sp³-hybridized carbons (Fsp3) is 0.333. The van der Waals surface area contributed by atoms with Crippen LogP contribution < -0.4 is 5.32 Å². The SMILES string of the molecule is C=CCNC(=O)c1cccc(S(=O)(=O)N2CCN(C=O)CC2)c1. The molecular weight excluding hydrogens is 318 g/mol. The van der Waals surface area contributed by atoms with Gasteiger partial charge in [0.2, 0.25) is 16.4 Å². The zero-order valence-electron chi connectivity index (χ0n) is 12.6. The summed E-state index contributed by atoms with van der Waals surface area (Å²) in [6.45, 7) is 5.04. The molecule has 124 valence electrons. The first-order valence-corrected chi connectivity index (χ1v) is 8.61. The van der Waals surface area contributed by atoms with E-state index in [2.05, 4.69) is 11.9 Å². The predicted octanol–water partition coefficient (Wildman–Crippen LogP) is 0.0651. The Kier molecular flexibility index (Phi) is 5.51. The monoisotopic (exact) mass is 337 g/mol. The Balaban J connectivity index is 2.18. The number of amides is 2. The molecule has 1 aliphatic heterocycles. The van der Waals surface area contributed by atoms with Crippen molar-refractivity contribution in [2.75, 3.05) is 32.7 Å². The maximum Gasteiger partial charge on any atom is 0.251 e. The number of rotatable bonds is 6. The number of hydrogen-bond acceptors (Lipinski definition) is 4. The second-order valence-corrected chi connectivity index (χ2v) is 7.01. The Labute approximate surface area is 135 Å². The molecule has 0 saturated carbocycles. The van der Waals surface area contributed by atoms with Crippen molar-refractivity contribution in [3.8, 4) is 0 Å². The van der Waals surface area contributed by atoms with Crippen molar-refractivity contribution in [3.05, 3.63) is 42.5 Å². The molecule has 0 bridgehead atoms. The summed E-state index contributed by atoms with van der Waals surface area (Å²) in [5.74, 6) is -0.354. The number of carbonyl (C=O) groups is 2. The molecule has 1 aromatic rings. The van der Waals surface area contributed by atoms with Crippen LogP contribution in [0.3, 0.4) is 0 Å². The zero-order valence-corrected chi connectivity index (χ0v) is 13.5. The Morgan fingerprint density at radius 2 is 1.96 bits per heavy atom. The standard InChI is InChI=1S/C15H19N3O4S/c1-2-6-16-15(20)13-4-3-5-14(11-13)23(21,22)18-9-7-17(12-19)8-10-18/h2-5,11-12H,1,6-10H2,(H,16,20). The quantitative estimate of drug-likeness (QED) is 0.588. The van der Waals surface area contributed by atoms with Crippen LogP contribution in [0, 0.1) is 0 Å². The lowest BCUT2D eigenvalue weighted by molar-refractivity contribution is -0.119. The zero-order chi connectivity index (χ0) is 16.9. The topological polar surface area (TPSA) is 86.8 Å². The largest absolute Gasteiger partial charge is 0.349 e. The van der Waals surface area contributed by atoms with Gasteiger partial charge in [0.25, 0.3) is 5.91 Å². The summed E-state index contributed by atoms with van der Waals surface area (Å²) in [4.78, 5) is 24.2. The van der Waals surface area contributed by atoms with Gasteiger partial charge in [0.1, 0.15) is 0 Å². The molecule has 1 fully saturated rings. The van der Waals surface area contributed by atoms with Crippen LogP contribution in [0.5, 0.6) is 0 Å². The highest BCUT2D eigenvalue weighted by molar-refractivity contribution is 7.89. The van der Waals surface area contributed by atoms with Gasteiger partial charge in [0.15, 0.2) is 0 Å². The van der Waals surface area contributed by atoms with Gasteiger partial charge in [-0.05, 0) is 18.2 Å². The second-order valence-electron chi connectivity index (χ2n) is 5.07. The number of benzene rings is 1. The van der Waals surface area contributed by atoms with E-state index in [1.165, 1.54) is 27.4 Å². The Morgan fingerprint density at radius 3 is 2.57 bits per heavy atom. The van der Waals surface area contributed by atoms with E-state index < -0.39 is 10.0 Å². The molecule has 8 heteroatoms. The van der Waals surface area contributed by atoms with E-state index >= 15 is 0 Å². The lowest BCUT2D eigenvalue weighted by Crippen LogP contribution is -2.48. The average molecular weight is 337 g/mol. The van der Waals surface area contributed by atoms with Gasteiger partial charge >= 0.3 is 0 Å². The molecule has 1 N–H and O–H groups in total. The van der Waals surface area contributed by atoms with Crippen LogP contribution >= 0.6 is 0 Å². The molecule has 2 amide bonds. The first-order chi connectivity index (χ1) is 11.0. The average Bonchev–Trinajstić information content (AvgIpc) is 2.59. The molecule has 0 unspecified atom stereocenters. The van der Waals surface area contributed by atoms with Crippen LogP contribution in [0.2, 0.25) is 0 Å². The lowest BCUT2D eigenvalue weighted by Gasteiger charge is -2.31. The highest BCUT2D eigenvalue weighted by atomic mass is 32.2. The van der Waals surface area contributed by atoms with Gasteiger partial charge in [0.05, 0.1) is 4.90 Å². The van der Waals surface area contributed by atoms with Crippen molar-refractivity contribution in [3.63, 3.8) is 0 Å². The van der Waals surface area contributed by atoms with Crippen molar-refractivity contribution < 1.29 is 18.0 Å². The Hall–Kier alpha value is -2.19. The summed E-state index contributed by atoms with van der Waals surface area (Å²) in [6.07, 6.45) is 2.26. The molecule has 7 nitrogen and oxygen atoms in total. The molecule has 0 radical (unpaired) electrons. The molecule has 0 aromatic heterocycles. The summed E-state index contributed by atoms with van der Waals surface area (Å²) in [5.41, 5.74) is 0.277. The van der Waals surface area contributed by atoms with Crippen LogP contribution in [0.4, 0.5) is 0 Å². The van der Waals surface area contributed by atoms with E-state index in [0.717, 1.165) is 0 Å². The van der Waals surface area contributed by atoms with Gasteiger partial charge < -0.3 is 10.2 Å². The van der Waals surface area contributed by atoms with Crippen LogP contribution in [0.15, 0.2) is 41.8 Å². The van der Waals surface area contributed by atoms with Gasteiger partial charge in [-0.2, -0.15) is 4.31 Å². The lowest BCUT2D eigenvalue weighted by atomic mass is 10.2. The summed E-state index contributed by atoms with van der Waals surface area (Å²) >= 11 is 0. The Morgan fingerprint density at radius 1 is 1.26 bits per heavy atom. The fourth-order valence-corrected chi connectivity index (χ4v) is 3.73. The van der Waals surface area contributed by atoms with E-state index in [1.54, 1.807) is 12.1 Å². The molecule has 23 heavy (non-hydrogen) atoms. The van der Waals surface area contributed by atoms with Crippen molar-refractivity contribution >= 4 is 22.3 Å². The van der Waals surface area contributed by atoms with Gasteiger partial charge in [-0.3, -0.25) is 9.59 Å². The third-order valence-corrected chi connectivity index (χ3v) is 5.46. The van der Waals surface area contributed by atoms with Crippen LogP contribution in [0.1, 0.15) is 10.4 Å². The number of carbonyl (C=O) groups excluding carboxylic acids is 2. The van der Waals surface area contributed by atoms with Gasteiger partial charge in [-0.15, -0.1) is 6.58 Å². The van der Waals surface area contributed by atoms with E-state index in [0.29, 0.717) is 26.0 Å². The highest BCUT2D eigenvalue weighted by Crippen LogP contribution is 2.18. The normalized spacial score (nSPS) is 15.9. The van der Waals surface area contributed by atoms with E-state index in [1.807, 2.05) is 0 Å². The fourth-order valence-electron chi connectivity index (χ4n) is 2.26. The Bertz CT molecular complexity index is 694. The number of nitrogens with one attached hydrogen (secondary N) is 1. The third-order valence-electron chi connectivity index (χ3n) is 3.56. The number of hydrogen-bond donors (Lipinski definition) is 1. The minimum absolute atomic E-state index is 0.0725. The number of sulfonamides is 1. The maximum absolute atomic E-state index is 12.6. The molecule has 1 heterocycles. The van der Waals surface area contributed by atoms with Crippen LogP contribution in [-0.4, -0.2) is 62.7 Å². The first-order valence-electron chi connectivity index (χ1n) is 7.17. The first kappa shape index (κ1) is 17.2. The number of nitrogens with zero attached hydrogens (tertiary/aromatic N) is 2. The minimum atomic E-state index is -3.68. The maximum atomic E-state index is 12.6. The molecule has 1 saturated heterocycles. The summed E-state index contributed by atoms with van der Waals surface area (Å²) < 4.78 is 26.6.